The van der Waals surface area contributed by atoms with Crippen LogP contribution >= 0.6 is 0 Å². The van der Waals surface area contributed by atoms with Crippen LogP contribution in [0, 0.1) is 5.82 Å². The SMILES string of the molecule is O=Cc1ccc2c(c1)c1c(n2CCc2ccc(F)cc2)CCC(F)(F)C1. The van der Waals surface area contributed by atoms with Gasteiger partial charge in [-0.2, -0.15) is 0 Å². The van der Waals surface area contributed by atoms with Crippen molar-refractivity contribution in [1.29, 1.82) is 0 Å². The third-order valence-corrected chi connectivity index (χ3v) is 5.15. The predicted molar refractivity (Wildman–Crippen MR) is 94.4 cm³/mol. The summed E-state index contributed by atoms with van der Waals surface area (Å²) >= 11 is 0. The number of nitrogens with zero attached hydrogens (tertiary/aromatic N) is 1. The third kappa shape index (κ3) is 3.02. The lowest BCUT2D eigenvalue weighted by Crippen LogP contribution is -2.26. The van der Waals surface area contributed by atoms with Crippen molar-refractivity contribution in [3.63, 3.8) is 0 Å². The highest BCUT2D eigenvalue weighted by molar-refractivity contribution is 5.91. The Morgan fingerprint density at radius 1 is 1.12 bits per heavy atom. The average molecular weight is 357 g/mol. The van der Waals surface area contributed by atoms with Gasteiger partial charge >= 0.3 is 0 Å². The molecule has 134 valence electrons. The Morgan fingerprint density at radius 3 is 2.62 bits per heavy atom. The van der Waals surface area contributed by atoms with Gasteiger partial charge in [0.1, 0.15) is 12.1 Å². The van der Waals surface area contributed by atoms with Crippen molar-refractivity contribution in [2.75, 3.05) is 0 Å². The van der Waals surface area contributed by atoms with E-state index in [2.05, 4.69) is 4.57 Å². The van der Waals surface area contributed by atoms with Crippen molar-refractivity contribution in [1.82, 2.24) is 4.57 Å². The van der Waals surface area contributed by atoms with Gasteiger partial charge in [0.05, 0.1) is 0 Å². The standard InChI is InChI=1S/C21H18F3NO/c22-16-4-1-14(2-5-16)8-10-25-19-6-3-15(13-26)11-17(19)18-12-21(23,24)9-7-20(18)25/h1-6,11,13H,7-10,12H2. The zero-order chi connectivity index (χ0) is 18.3. The maximum atomic E-state index is 14.0. The lowest BCUT2D eigenvalue weighted by Gasteiger charge is -2.23. The van der Waals surface area contributed by atoms with Crippen LogP contribution in [0.1, 0.15) is 33.6 Å². The minimum absolute atomic E-state index is 0.159. The minimum atomic E-state index is -2.71. The number of hydrogen-bond acceptors (Lipinski definition) is 1. The molecule has 0 bridgehead atoms. The molecule has 0 unspecified atom stereocenters. The molecule has 2 aromatic carbocycles. The minimum Gasteiger partial charge on any atom is -0.344 e. The Morgan fingerprint density at radius 2 is 1.88 bits per heavy atom. The molecule has 0 fully saturated rings. The van der Waals surface area contributed by atoms with Gasteiger partial charge in [0, 0.05) is 41.5 Å². The van der Waals surface area contributed by atoms with Gasteiger partial charge in [-0.1, -0.05) is 12.1 Å². The number of benzene rings is 2. The molecule has 5 heteroatoms. The van der Waals surface area contributed by atoms with E-state index in [1.807, 2.05) is 6.07 Å². The molecule has 1 aliphatic rings. The highest BCUT2D eigenvalue weighted by Crippen LogP contribution is 2.39. The van der Waals surface area contributed by atoms with E-state index in [0.717, 1.165) is 28.4 Å². The van der Waals surface area contributed by atoms with Crippen LogP contribution in [0.25, 0.3) is 10.9 Å². The zero-order valence-corrected chi connectivity index (χ0v) is 14.1. The topological polar surface area (TPSA) is 22.0 Å². The number of aromatic nitrogens is 1. The Labute approximate surface area is 149 Å². The average Bonchev–Trinajstić information content (AvgIpc) is 2.92. The van der Waals surface area contributed by atoms with E-state index in [0.29, 0.717) is 30.5 Å². The number of carbonyl (C=O) groups is 1. The maximum absolute atomic E-state index is 14.0. The molecule has 4 rings (SSSR count). The van der Waals surface area contributed by atoms with E-state index in [-0.39, 0.29) is 18.7 Å². The summed E-state index contributed by atoms with van der Waals surface area (Å²) in [4.78, 5) is 11.1. The van der Waals surface area contributed by atoms with E-state index in [4.69, 9.17) is 0 Å². The molecular weight excluding hydrogens is 339 g/mol. The molecule has 0 aliphatic heterocycles. The van der Waals surface area contributed by atoms with Crippen LogP contribution in [0.5, 0.6) is 0 Å². The number of rotatable bonds is 4. The zero-order valence-electron chi connectivity index (χ0n) is 14.1. The van der Waals surface area contributed by atoms with Gasteiger partial charge in [-0.05, 0) is 54.3 Å². The summed E-state index contributed by atoms with van der Waals surface area (Å²) < 4.78 is 43.1. The highest BCUT2D eigenvalue weighted by atomic mass is 19.3. The van der Waals surface area contributed by atoms with Crippen molar-refractivity contribution >= 4 is 17.2 Å². The first-order valence-electron chi connectivity index (χ1n) is 8.68. The molecule has 3 aromatic rings. The first-order valence-corrected chi connectivity index (χ1v) is 8.68. The lowest BCUT2D eigenvalue weighted by atomic mass is 9.92. The molecule has 0 atom stereocenters. The predicted octanol–water partition coefficient (Wildman–Crippen LogP) is 4.96. The number of aldehydes is 1. The first kappa shape index (κ1) is 16.9. The third-order valence-electron chi connectivity index (χ3n) is 5.15. The van der Waals surface area contributed by atoms with Crippen LogP contribution < -0.4 is 0 Å². The Balaban J connectivity index is 1.76. The van der Waals surface area contributed by atoms with Crippen molar-refractivity contribution in [3.8, 4) is 0 Å². The van der Waals surface area contributed by atoms with Crippen LogP contribution in [0.2, 0.25) is 0 Å². The molecule has 1 aliphatic carbocycles. The number of hydrogen-bond donors (Lipinski definition) is 0. The van der Waals surface area contributed by atoms with E-state index >= 15 is 0 Å². The summed E-state index contributed by atoms with van der Waals surface area (Å²) in [6.45, 7) is 0.628. The second-order valence-electron chi connectivity index (χ2n) is 6.88. The molecule has 0 spiro atoms. The first-order chi connectivity index (χ1) is 12.5. The number of halogens is 3. The fourth-order valence-corrected chi connectivity index (χ4v) is 3.85. The van der Waals surface area contributed by atoms with Gasteiger partial charge in [0.25, 0.3) is 5.92 Å². The Hall–Kier alpha value is -2.56. The molecule has 0 saturated heterocycles. The smallest absolute Gasteiger partial charge is 0.252 e. The largest absolute Gasteiger partial charge is 0.344 e. The molecule has 1 aromatic heterocycles. The number of alkyl halides is 2. The fourth-order valence-electron chi connectivity index (χ4n) is 3.85. The summed E-state index contributed by atoms with van der Waals surface area (Å²) in [5.41, 5.74) is 3.94. The van der Waals surface area contributed by atoms with Crippen LogP contribution in [0.3, 0.4) is 0 Å². The van der Waals surface area contributed by atoms with Crippen LogP contribution in [0.4, 0.5) is 13.2 Å². The van der Waals surface area contributed by atoms with Crippen molar-refractivity contribution < 1.29 is 18.0 Å². The molecule has 0 saturated carbocycles. The van der Waals surface area contributed by atoms with Crippen molar-refractivity contribution in [3.05, 3.63) is 70.7 Å². The molecule has 1 heterocycles. The summed E-state index contributed by atoms with van der Waals surface area (Å²) in [5, 5.41) is 0.739. The second-order valence-corrected chi connectivity index (χ2v) is 6.88. The molecule has 2 nitrogen and oxygen atoms in total. The van der Waals surface area contributed by atoms with E-state index in [9.17, 15) is 18.0 Å². The Bertz CT molecular complexity index is 973. The van der Waals surface area contributed by atoms with Crippen LogP contribution in [0.15, 0.2) is 42.5 Å². The molecule has 0 amide bonds. The number of aryl methyl sites for hydroxylation is 2. The molecular formula is C21H18F3NO. The number of fused-ring (bicyclic) bond motifs is 3. The summed E-state index contributed by atoms with van der Waals surface area (Å²) in [6, 6.07) is 11.6. The molecule has 26 heavy (non-hydrogen) atoms. The normalized spacial score (nSPS) is 15.8. The Kier molecular flexibility index (Phi) is 4.10. The van der Waals surface area contributed by atoms with Gasteiger partial charge in [-0.15, -0.1) is 0 Å². The summed E-state index contributed by atoms with van der Waals surface area (Å²) in [7, 11) is 0. The summed E-state index contributed by atoms with van der Waals surface area (Å²) in [6.07, 6.45) is 1.29. The van der Waals surface area contributed by atoms with Crippen molar-refractivity contribution in [2.45, 2.75) is 38.2 Å². The van der Waals surface area contributed by atoms with E-state index in [1.165, 1.54) is 12.1 Å². The van der Waals surface area contributed by atoms with Gasteiger partial charge in [-0.25, -0.2) is 13.2 Å². The fraction of sp³-hybridized carbons (Fsp3) is 0.286. The van der Waals surface area contributed by atoms with Gasteiger partial charge in [-0.3, -0.25) is 4.79 Å². The monoisotopic (exact) mass is 357 g/mol. The quantitative estimate of drug-likeness (QED) is 0.605. The van der Waals surface area contributed by atoms with Gasteiger partial charge in [0.15, 0.2) is 0 Å². The molecule has 0 radical (unpaired) electrons. The van der Waals surface area contributed by atoms with E-state index < -0.39 is 5.92 Å². The second kappa shape index (κ2) is 6.31. The number of carbonyl (C=O) groups excluding carboxylic acids is 1. The lowest BCUT2D eigenvalue weighted by molar-refractivity contribution is -0.0125. The van der Waals surface area contributed by atoms with Crippen molar-refractivity contribution in [2.24, 2.45) is 0 Å². The summed E-state index contributed by atoms with van der Waals surface area (Å²) in [5.74, 6) is -2.98. The molecule has 0 N–H and O–H groups in total. The maximum Gasteiger partial charge on any atom is 0.252 e. The van der Waals surface area contributed by atoms with Crippen LogP contribution in [-0.4, -0.2) is 16.8 Å². The highest BCUT2D eigenvalue weighted by Gasteiger charge is 2.37. The van der Waals surface area contributed by atoms with Gasteiger partial charge in [0.2, 0.25) is 0 Å². The van der Waals surface area contributed by atoms with Gasteiger partial charge < -0.3 is 4.57 Å². The van der Waals surface area contributed by atoms with Crippen LogP contribution in [-0.2, 0) is 25.8 Å². The van der Waals surface area contributed by atoms with E-state index in [1.54, 1.807) is 24.3 Å².